The maximum atomic E-state index is 11.3. The van der Waals surface area contributed by atoms with E-state index in [1.807, 2.05) is 0 Å². The number of benzene rings is 1. The molecule has 2 rings (SSSR count). The summed E-state index contributed by atoms with van der Waals surface area (Å²) in [5, 5.41) is 13.9. The molecule has 0 saturated carbocycles. The van der Waals surface area contributed by atoms with Crippen LogP contribution in [0.15, 0.2) is 32.6 Å². The number of methoxy groups -OCH3 is 1. The number of aromatic amines is 1. The van der Waals surface area contributed by atoms with Gasteiger partial charge in [0.25, 0.3) is 5.56 Å². The zero-order valence-electron chi connectivity index (χ0n) is 11.3. The molecule has 0 saturated heterocycles. The average Bonchev–Trinajstić information content (AvgIpc) is 2.41. The highest BCUT2D eigenvalue weighted by Gasteiger charge is 2.08. The molecule has 3 N–H and O–H groups in total. The highest BCUT2D eigenvalue weighted by atomic mass is 79.9. The Morgan fingerprint density at radius 1 is 1.48 bits per heavy atom. The third kappa shape index (κ3) is 3.82. The smallest absolute Gasteiger partial charge is 0.252 e. The van der Waals surface area contributed by atoms with Crippen LogP contribution in [0.3, 0.4) is 0 Å². The van der Waals surface area contributed by atoms with Gasteiger partial charge in [0, 0.05) is 21.8 Å². The Balaban J connectivity index is 2.22. The number of rotatable bonds is 4. The average molecular weight is 353 g/mol. The van der Waals surface area contributed by atoms with Crippen molar-refractivity contribution in [2.45, 2.75) is 6.92 Å². The van der Waals surface area contributed by atoms with Crippen LogP contribution < -0.4 is 15.7 Å². The SMILES string of the molecule is COc1cc(Br)cc(/C=N\Nc2nc(C)cc(=O)[nH]2)c1O. The van der Waals surface area contributed by atoms with Crippen LogP contribution in [0, 0.1) is 6.92 Å². The molecule has 0 spiro atoms. The van der Waals surface area contributed by atoms with E-state index in [0.29, 0.717) is 17.0 Å². The largest absolute Gasteiger partial charge is 0.504 e. The number of aryl methyl sites for hydroxylation is 1. The van der Waals surface area contributed by atoms with Gasteiger partial charge in [0.2, 0.25) is 5.95 Å². The molecule has 1 heterocycles. The van der Waals surface area contributed by atoms with E-state index < -0.39 is 0 Å². The minimum absolute atomic E-state index is 0.0306. The molecule has 0 unspecified atom stereocenters. The molecule has 0 aliphatic heterocycles. The Bertz CT molecular complexity index is 743. The number of anilines is 1. The number of phenolic OH excluding ortho intramolecular Hbond substituents is 1. The van der Waals surface area contributed by atoms with E-state index in [1.54, 1.807) is 19.1 Å². The first-order valence-electron chi connectivity index (χ1n) is 5.93. The fourth-order valence-electron chi connectivity index (χ4n) is 1.64. The molecular formula is C13H13BrN4O3. The van der Waals surface area contributed by atoms with Crippen LogP contribution >= 0.6 is 15.9 Å². The molecular weight excluding hydrogens is 340 g/mol. The molecule has 7 nitrogen and oxygen atoms in total. The molecule has 2 aromatic rings. The van der Waals surface area contributed by atoms with Gasteiger partial charge in [-0.15, -0.1) is 0 Å². The lowest BCUT2D eigenvalue weighted by molar-refractivity contribution is 0.373. The molecule has 0 bridgehead atoms. The third-order valence-electron chi connectivity index (χ3n) is 2.53. The van der Waals surface area contributed by atoms with Gasteiger partial charge in [-0.25, -0.2) is 10.4 Å². The molecule has 1 aromatic carbocycles. The predicted octanol–water partition coefficient (Wildman–Crippen LogP) is 2.00. The van der Waals surface area contributed by atoms with Crippen LogP contribution in [0.4, 0.5) is 5.95 Å². The molecule has 0 amide bonds. The van der Waals surface area contributed by atoms with Gasteiger partial charge >= 0.3 is 0 Å². The number of nitrogens with zero attached hydrogens (tertiary/aromatic N) is 2. The molecule has 21 heavy (non-hydrogen) atoms. The summed E-state index contributed by atoms with van der Waals surface area (Å²) in [6, 6.07) is 4.69. The zero-order valence-corrected chi connectivity index (χ0v) is 12.9. The van der Waals surface area contributed by atoms with Gasteiger partial charge < -0.3 is 9.84 Å². The van der Waals surface area contributed by atoms with Crippen molar-refractivity contribution in [3.05, 3.63) is 44.3 Å². The summed E-state index contributed by atoms with van der Waals surface area (Å²) in [4.78, 5) is 17.8. The topological polar surface area (TPSA) is 99.6 Å². The first-order valence-corrected chi connectivity index (χ1v) is 6.72. The molecule has 110 valence electrons. The van der Waals surface area contributed by atoms with Crippen molar-refractivity contribution in [1.29, 1.82) is 0 Å². The number of H-pyrrole nitrogens is 1. The van der Waals surface area contributed by atoms with Crippen molar-refractivity contribution >= 4 is 28.1 Å². The van der Waals surface area contributed by atoms with Gasteiger partial charge in [0.15, 0.2) is 11.5 Å². The number of aromatic hydroxyl groups is 1. The lowest BCUT2D eigenvalue weighted by Crippen LogP contribution is -2.10. The van der Waals surface area contributed by atoms with Crippen molar-refractivity contribution in [3.8, 4) is 11.5 Å². The Labute approximate surface area is 128 Å². The second-order valence-electron chi connectivity index (χ2n) is 4.15. The number of phenols is 1. The molecule has 8 heteroatoms. The van der Waals surface area contributed by atoms with Gasteiger partial charge in [-0.2, -0.15) is 5.10 Å². The van der Waals surface area contributed by atoms with Crippen LogP contribution in [-0.4, -0.2) is 28.4 Å². The summed E-state index contributed by atoms with van der Waals surface area (Å²) in [6.45, 7) is 1.70. The van der Waals surface area contributed by atoms with Crippen molar-refractivity contribution < 1.29 is 9.84 Å². The number of hydrogen-bond donors (Lipinski definition) is 3. The summed E-state index contributed by atoms with van der Waals surface area (Å²) in [5.41, 5.74) is 3.34. The molecule has 1 aromatic heterocycles. The highest BCUT2D eigenvalue weighted by Crippen LogP contribution is 2.32. The maximum Gasteiger partial charge on any atom is 0.252 e. The van der Waals surface area contributed by atoms with E-state index in [0.717, 1.165) is 4.47 Å². The van der Waals surface area contributed by atoms with Crippen molar-refractivity contribution in [2.24, 2.45) is 5.10 Å². The van der Waals surface area contributed by atoms with Crippen LogP contribution in [0.2, 0.25) is 0 Å². The Hall–Kier alpha value is -2.35. The normalized spacial score (nSPS) is 10.8. The first kappa shape index (κ1) is 15.0. The van der Waals surface area contributed by atoms with Crippen LogP contribution in [-0.2, 0) is 0 Å². The van der Waals surface area contributed by atoms with E-state index in [9.17, 15) is 9.90 Å². The predicted molar refractivity (Wildman–Crippen MR) is 83.2 cm³/mol. The van der Waals surface area contributed by atoms with Gasteiger partial charge in [-0.3, -0.25) is 9.78 Å². The van der Waals surface area contributed by atoms with Gasteiger partial charge in [-0.1, -0.05) is 15.9 Å². The molecule has 0 fully saturated rings. The van der Waals surface area contributed by atoms with Crippen LogP contribution in [0.5, 0.6) is 11.5 Å². The van der Waals surface area contributed by atoms with E-state index in [4.69, 9.17) is 4.74 Å². The van der Waals surface area contributed by atoms with Gasteiger partial charge in [0.1, 0.15) is 0 Å². The number of aromatic nitrogens is 2. The van der Waals surface area contributed by atoms with Gasteiger partial charge in [0.05, 0.1) is 13.3 Å². The third-order valence-corrected chi connectivity index (χ3v) is 2.99. The molecule has 0 aliphatic carbocycles. The number of hydrazone groups is 1. The highest BCUT2D eigenvalue weighted by molar-refractivity contribution is 9.10. The fourth-order valence-corrected chi connectivity index (χ4v) is 2.10. The second kappa shape index (κ2) is 6.40. The quantitative estimate of drug-likeness (QED) is 0.577. The lowest BCUT2D eigenvalue weighted by atomic mass is 10.2. The standard InChI is InChI=1S/C13H13BrN4O3/c1-7-3-11(19)17-13(16-7)18-15-6-8-4-9(14)5-10(21-2)12(8)20/h3-6,20H,1-2H3,(H2,16,17,18,19)/b15-6-. The van der Waals surface area contributed by atoms with E-state index in [1.165, 1.54) is 19.4 Å². The molecule has 0 aliphatic rings. The lowest BCUT2D eigenvalue weighted by Gasteiger charge is -2.06. The summed E-state index contributed by atoms with van der Waals surface area (Å²) in [5.74, 6) is 0.516. The number of nitrogens with one attached hydrogen (secondary N) is 2. The van der Waals surface area contributed by atoms with E-state index in [2.05, 4.69) is 36.4 Å². The number of hydrogen-bond acceptors (Lipinski definition) is 6. The number of halogens is 1. The maximum absolute atomic E-state index is 11.3. The zero-order chi connectivity index (χ0) is 15.4. The fraction of sp³-hybridized carbons (Fsp3) is 0.154. The Morgan fingerprint density at radius 3 is 2.90 bits per heavy atom. The summed E-state index contributed by atoms with van der Waals surface area (Å²) < 4.78 is 5.78. The summed E-state index contributed by atoms with van der Waals surface area (Å²) in [6.07, 6.45) is 1.39. The van der Waals surface area contributed by atoms with Crippen molar-refractivity contribution in [3.63, 3.8) is 0 Å². The number of ether oxygens (including phenoxy) is 1. The van der Waals surface area contributed by atoms with Crippen LogP contribution in [0.25, 0.3) is 0 Å². The van der Waals surface area contributed by atoms with E-state index in [-0.39, 0.29) is 17.3 Å². The second-order valence-corrected chi connectivity index (χ2v) is 5.07. The van der Waals surface area contributed by atoms with Crippen molar-refractivity contribution in [2.75, 3.05) is 12.5 Å². The first-order chi connectivity index (χ1) is 9.99. The minimum Gasteiger partial charge on any atom is -0.504 e. The van der Waals surface area contributed by atoms with Gasteiger partial charge in [-0.05, 0) is 19.1 Å². The van der Waals surface area contributed by atoms with Crippen LogP contribution in [0.1, 0.15) is 11.3 Å². The van der Waals surface area contributed by atoms with Crippen molar-refractivity contribution in [1.82, 2.24) is 9.97 Å². The summed E-state index contributed by atoms with van der Waals surface area (Å²) >= 11 is 3.31. The van der Waals surface area contributed by atoms with E-state index >= 15 is 0 Å². The Kier molecular flexibility index (Phi) is 4.59. The molecule has 0 radical (unpaired) electrons. The minimum atomic E-state index is -0.271. The monoisotopic (exact) mass is 352 g/mol. The summed E-state index contributed by atoms with van der Waals surface area (Å²) in [7, 11) is 1.46. The Morgan fingerprint density at radius 2 is 2.24 bits per heavy atom. The molecule has 0 atom stereocenters.